The first-order valence-corrected chi connectivity index (χ1v) is 19.2. The Kier molecular flexibility index (Phi) is 5.53. The number of carbonyl (C=O) groups excluding carboxylic acids is 1. The van der Waals surface area contributed by atoms with Crippen LogP contribution in [0.15, 0.2) is 23.8 Å². The molecule has 0 aromatic heterocycles. The third-order valence-corrected chi connectivity index (χ3v) is 11.2. The quantitative estimate of drug-likeness (QED) is 0.436. The topological polar surface area (TPSA) is 35.5 Å². The molecule has 3 fully saturated rings. The van der Waals surface area contributed by atoms with E-state index >= 15 is 0 Å². The second-order valence-electron chi connectivity index (χ2n) is 13.4. The fraction of sp³-hybridized carbons (Fsp3) is 0.808. The highest BCUT2D eigenvalue weighted by Crippen LogP contribution is 2.68. The SMILES string of the molecule is CC12C=CC(=O)C=C1[C@@H](O[Si](C)(C)C)CC1C2CCC2(C)C1CC[C@]2(C)O[Si](C)(C)C. The molecule has 31 heavy (non-hydrogen) atoms. The summed E-state index contributed by atoms with van der Waals surface area (Å²) < 4.78 is 13.7. The van der Waals surface area contributed by atoms with Gasteiger partial charge in [-0.2, -0.15) is 0 Å². The molecule has 4 aliphatic carbocycles. The average molecular weight is 461 g/mol. The maximum absolute atomic E-state index is 12.4. The molecule has 0 spiro atoms. The summed E-state index contributed by atoms with van der Waals surface area (Å²) in [5.74, 6) is 2.03. The van der Waals surface area contributed by atoms with Gasteiger partial charge in [-0.3, -0.25) is 4.79 Å². The van der Waals surface area contributed by atoms with E-state index < -0.39 is 16.6 Å². The Bertz CT molecular complexity index is 819. The summed E-state index contributed by atoms with van der Waals surface area (Å²) in [4.78, 5) is 12.4. The summed E-state index contributed by atoms with van der Waals surface area (Å²) >= 11 is 0. The lowest BCUT2D eigenvalue weighted by atomic mass is 9.47. The van der Waals surface area contributed by atoms with Gasteiger partial charge in [-0.15, -0.1) is 0 Å². The molecule has 0 aliphatic heterocycles. The number of fused-ring (bicyclic) bond motifs is 5. The highest BCUT2D eigenvalue weighted by atomic mass is 28.4. The third-order valence-electron chi connectivity index (χ3n) is 9.11. The maximum atomic E-state index is 12.4. The van der Waals surface area contributed by atoms with Gasteiger partial charge in [-0.05, 0) is 119 Å². The lowest BCUT2D eigenvalue weighted by Crippen LogP contribution is -2.58. The van der Waals surface area contributed by atoms with Crippen LogP contribution in [0.2, 0.25) is 39.3 Å². The van der Waals surface area contributed by atoms with E-state index in [1.165, 1.54) is 31.3 Å². The van der Waals surface area contributed by atoms with Crippen molar-refractivity contribution in [1.82, 2.24) is 0 Å². The van der Waals surface area contributed by atoms with Crippen LogP contribution in [-0.2, 0) is 13.6 Å². The molecule has 7 atom stereocenters. The van der Waals surface area contributed by atoms with Crippen molar-refractivity contribution in [1.29, 1.82) is 0 Å². The van der Waals surface area contributed by atoms with Gasteiger partial charge in [0.15, 0.2) is 22.4 Å². The van der Waals surface area contributed by atoms with Crippen LogP contribution in [0.4, 0.5) is 0 Å². The van der Waals surface area contributed by atoms with Gasteiger partial charge in [0, 0.05) is 5.41 Å². The van der Waals surface area contributed by atoms with Crippen molar-refractivity contribution >= 4 is 22.4 Å². The Labute approximate surface area is 192 Å². The molecule has 0 aromatic carbocycles. The van der Waals surface area contributed by atoms with Gasteiger partial charge >= 0.3 is 0 Å². The summed E-state index contributed by atoms with van der Waals surface area (Å²) in [6, 6.07) is 0. The zero-order valence-electron chi connectivity index (χ0n) is 21.3. The summed E-state index contributed by atoms with van der Waals surface area (Å²) in [5.41, 5.74) is 1.41. The average Bonchev–Trinajstić information content (AvgIpc) is 2.84. The molecule has 0 amide bonds. The highest BCUT2D eigenvalue weighted by Gasteiger charge is 2.64. The standard InChI is InChI=1S/C26H44O3Si2/c1-24-13-10-18(27)16-22(24)23(28-30(4,5)6)17-19-20(24)11-14-25(2)21(19)12-15-26(25,3)29-31(7,8)9/h10,13,16,19-21,23H,11-12,14-15,17H2,1-9H3/t19?,20?,21?,23-,24?,25?,26-/m0/s1. The Morgan fingerprint density at radius 2 is 1.58 bits per heavy atom. The lowest BCUT2D eigenvalue weighted by Gasteiger charge is -2.60. The molecule has 4 rings (SSSR count). The first-order chi connectivity index (χ1) is 14.1. The molecule has 0 radical (unpaired) electrons. The Morgan fingerprint density at radius 3 is 2.19 bits per heavy atom. The predicted molar refractivity (Wildman–Crippen MR) is 133 cm³/mol. The van der Waals surface area contributed by atoms with E-state index in [0.717, 1.165) is 6.42 Å². The Balaban J connectivity index is 1.72. The van der Waals surface area contributed by atoms with E-state index in [0.29, 0.717) is 17.8 Å². The number of rotatable bonds is 4. The van der Waals surface area contributed by atoms with Crippen LogP contribution in [0.25, 0.3) is 0 Å². The molecule has 5 unspecified atom stereocenters. The first-order valence-electron chi connectivity index (χ1n) is 12.4. The van der Waals surface area contributed by atoms with Crippen molar-refractivity contribution in [3.05, 3.63) is 23.8 Å². The van der Waals surface area contributed by atoms with Gasteiger partial charge in [-0.25, -0.2) is 0 Å². The lowest BCUT2D eigenvalue weighted by molar-refractivity contribution is -0.115. The molecule has 0 bridgehead atoms. The molecule has 174 valence electrons. The summed E-state index contributed by atoms with van der Waals surface area (Å²) in [5, 5.41) is 0. The van der Waals surface area contributed by atoms with Crippen molar-refractivity contribution < 1.29 is 13.6 Å². The summed E-state index contributed by atoms with van der Waals surface area (Å²) in [6.07, 6.45) is 12.0. The van der Waals surface area contributed by atoms with E-state index in [2.05, 4.69) is 66.1 Å². The highest BCUT2D eigenvalue weighted by molar-refractivity contribution is 6.70. The third kappa shape index (κ3) is 3.91. The molecule has 0 heterocycles. The number of hydrogen-bond donors (Lipinski definition) is 0. The van der Waals surface area contributed by atoms with Gasteiger partial charge in [0.1, 0.15) is 0 Å². The van der Waals surface area contributed by atoms with Crippen molar-refractivity contribution in [2.75, 3.05) is 0 Å². The fourth-order valence-electron chi connectivity index (χ4n) is 7.83. The molecule has 5 heteroatoms. The van der Waals surface area contributed by atoms with E-state index in [9.17, 15) is 4.79 Å². The number of ketones is 1. The Morgan fingerprint density at radius 1 is 0.935 bits per heavy atom. The number of allylic oxidation sites excluding steroid dienone is 3. The molecule has 0 aromatic rings. The van der Waals surface area contributed by atoms with Crippen LogP contribution in [0, 0.1) is 28.6 Å². The minimum absolute atomic E-state index is 0.0162. The van der Waals surface area contributed by atoms with E-state index in [1.54, 1.807) is 0 Å². The van der Waals surface area contributed by atoms with E-state index in [1.807, 2.05) is 12.2 Å². The second-order valence-corrected chi connectivity index (χ2v) is 22.3. The molecule has 0 N–H and O–H groups in total. The number of hydrogen-bond acceptors (Lipinski definition) is 3. The maximum Gasteiger partial charge on any atom is 0.184 e. The molecular weight excluding hydrogens is 416 g/mol. The van der Waals surface area contributed by atoms with Gasteiger partial charge < -0.3 is 8.85 Å². The summed E-state index contributed by atoms with van der Waals surface area (Å²) in [7, 11) is -3.37. The van der Waals surface area contributed by atoms with Crippen LogP contribution in [-0.4, -0.2) is 34.1 Å². The minimum Gasteiger partial charge on any atom is -0.412 e. The first kappa shape index (κ1) is 23.7. The van der Waals surface area contributed by atoms with Crippen molar-refractivity contribution in [3.8, 4) is 0 Å². The molecule has 3 saturated carbocycles. The van der Waals surface area contributed by atoms with Gasteiger partial charge in [0.05, 0.1) is 11.7 Å². The number of carbonyl (C=O) groups is 1. The zero-order chi connectivity index (χ0) is 23.0. The van der Waals surface area contributed by atoms with Gasteiger partial charge in [0.25, 0.3) is 0 Å². The molecule has 3 nitrogen and oxygen atoms in total. The smallest absolute Gasteiger partial charge is 0.184 e. The Hall–Kier alpha value is -0.496. The van der Waals surface area contributed by atoms with Gasteiger partial charge in [-0.1, -0.05) is 19.9 Å². The van der Waals surface area contributed by atoms with Gasteiger partial charge in [0.2, 0.25) is 0 Å². The second kappa shape index (κ2) is 7.25. The van der Waals surface area contributed by atoms with Crippen molar-refractivity contribution in [3.63, 3.8) is 0 Å². The molecular formula is C26H44O3Si2. The monoisotopic (exact) mass is 460 g/mol. The zero-order valence-corrected chi connectivity index (χ0v) is 23.3. The minimum atomic E-state index is -1.74. The van der Waals surface area contributed by atoms with Crippen LogP contribution in [0.3, 0.4) is 0 Å². The largest absolute Gasteiger partial charge is 0.412 e. The van der Waals surface area contributed by atoms with Crippen LogP contribution in [0.1, 0.15) is 52.9 Å². The predicted octanol–water partition coefficient (Wildman–Crippen LogP) is 6.73. The normalized spacial score (nSPS) is 45.1. The van der Waals surface area contributed by atoms with E-state index in [4.69, 9.17) is 8.85 Å². The summed E-state index contributed by atoms with van der Waals surface area (Å²) in [6.45, 7) is 21.2. The van der Waals surface area contributed by atoms with Crippen LogP contribution >= 0.6 is 0 Å². The molecule has 0 saturated heterocycles. The molecule has 4 aliphatic rings. The fourth-order valence-corrected chi connectivity index (χ4v) is 10.6. The van der Waals surface area contributed by atoms with Crippen LogP contribution < -0.4 is 0 Å². The van der Waals surface area contributed by atoms with Crippen LogP contribution in [0.5, 0.6) is 0 Å². The van der Waals surface area contributed by atoms with Crippen molar-refractivity contribution in [2.24, 2.45) is 28.6 Å². The van der Waals surface area contributed by atoms with Crippen molar-refractivity contribution in [2.45, 2.75) is 104 Å². The van der Waals surface area contributed by atoms with E-state index in [-0.39, 0.29) is 28.3 Å².